The Hall–Kier alpha value is -3.29. The summed E-state index contributed by atoms with van der Waals surface area (Å²) >= 11 is 0. The lowest BCUT2D eigenvalue weighted by Gasteiger charge is -2.10. The number of benzene rings is 2. The highest BCUT2D eigenvalue weighted by Crippen LogP contribution is 2.30. The van der Waals surface area contributed by atoms with E-state index < -0.39 is 11.7 Å². The van der Waals surface area contributed by atoms with Crippen LogP contribution in [0.2, 0.25) is 0 Å². The summed E-state index contributed by atoms with van der Waals surface area (Å²) in [6, 6.07) is 14.2. The van der Waals surface area contributed by atoms with Crippen LogP contribution in [0.4, 0.5) is 30.6 Å². The van der Waals surface area contributed by atoms with Gasteiger partial charge in [-0.05, 0) is 54.4 Å². The standard InChI is InChI=1S/C20H19F3N4O/c1-28-17-4-2-3-14(13-17)9-11-24-19-25-12-10-18(27-19)26-16-7-5-15(6-8-16)20(21,22)23/h2-8,10,12-13H,9,11H2,1H3,(H2,24,25,26,27). The molecule has 2 aromatic carbocycles. The third kappa shape index (κ3) is 5.35. The molecule has 0 spiro atoms. The zero-order valence-corrected chi connectivity index (χ0v) is 15.1. The predicted octanol–water partition coefficient (Wildman–Crippen LogP) is 4.90. The van der Waals surface area contributed by atoms with Gasteiger partial charge in [-0.15, -0.1) is 0 Å². The number of halogens is 3. The Morgan fingerprint density at radius 3 is 2.54 bits per heavy atom. The highest BCUT2D eigenvalue weighted by Gasteiger charge is 2.29. The first-order valence-corrected chi connectivity index (χ1v) is 8.58. The molecule has 0 aliphatic carbocycles. The van der Waals surface area contributed by atoms with Crippen LogP contribution >= 0.6 is 0 Å². The maximum atomic E-state index is 12.6. The molecule has 0 atom stereocenters. The molecule has 8 heteroatoms. The van der Waals surface area contributed by atoms with E-state index in [1.54, 1.807) is 19.4 Å². The molecule has 0 unspecified atom stereocenters. The maximum absolute atomic E-state index is 12.6. The minimum atomic E-state index is -4.35. The van der Waals surface area contributed by atoms with Gasteiger partial charge in [-0.25, -0.2) is 4.98 Å². The molecule has 0 bridgehead atoms. The number of aromatic nitrogens is 2. The van der Waals surface area contributed by atoms with Crippen molar-refractivity contribution < 1.29 is 17.9 Å². The quantitative estimate of drug-likeness (QED) is 0.603. The van der Waals surface area contributed by atoms with Crippen molar-refractivity contribution in [3.8, 4) is 5.75 Å². The zero-order chi connectivity index (χ0) is 20.0. The Kier molecular flexibility index (Phi) is 5.98. The van der Waals surface area contributed by atoms with Crippen molar-refractivity contribution in [1.82, 2.24) is 9.97 Å². The van der Waals surface area contributed by atoms with Gasteiger partial charge in [0.1, 0.15) is 11.6 Å². The fourth-order valence-corrected chi connectivity index (χ4v) is 2.55. The molecule has 0 fully saturated rings. The minimum Gasteiger partial charge on any atom is -0.497 e. The van der Waals surface area contributed by atoms with Crippen molar-refractivity contribution in [2.75, 3.05) is 24.3 Å². The second-order valence-electron chi connectivity index (χ2n) is 5.99. The lowest BCUT2D eigenvalue weighted by Crippen LogP contribution is -2.09. The van der Waals surface area contributed by atoms with Crippen LogP contribution < -0.4 is 15.4 Å². The molecule has 0 radical (unpaired) electrons. The SMILES string of the molecule is COc1cccc(CCNc2nccc(Nc3ccc(C(F)(F)F)cc3)n2)c1. The first-order chi connectivity index (χ1) is 13.4. The van der Waals surface area contributed by atoms with Crippen molar-refractivity contribution in [2.24, 2.45) is 0 Å². The molecular weight excluding hydrogens is 369 g/mol. The molecule has 146 valence electrons. The smallest absolute Gasteiger partial charge is 0.416 e. The second-order valence-corrected chi connectivity index (χ2v) is 5.99. The third-order valence-corrected chi connectivity index (χ3v) is 3.97. The van der Waals surface area contributed by atoms with Crippen LogP contribution in [0, 0.1) is 0 Å². The van der Waals surface area contributed by atoms with Gasteiger partial charge < -0.3 is 15.4 Å². The minimum absolute atomic E-state index is 0.430. The van der Waals surface area contributed by atoms with Gasteiger partial charge in [-0.1, -0.05) is 12.1 Å². The van der Waals surface area contributed by atoms with Gasteiger partial charge >= 0.3 is 6.18 Å². The van der Waals surface area contributed by atoms with Gasteiger partial charge in [0.25, 0.3) is 0 Å². The Labute approximate surface area is 160 Å². The fourth-order valence-electron chi connectivity index (χ4n) is 2.55. The van der Waals surface area contributed by atoms with Gasteiger partial charge in [0.15, 0.2) is 0 Å². The molecule has 0 aliphatic heterocycles. The van der Waals surface area contributed by atoms with E-state index in [-0.39, 0.29) is 0 Å². The van der Waals surface area contributed by atoms with Crippen molar-refractivity contribution in [2.45, 2.75) is 12.6 Å². The number of methoxy groups -OCH3 is 1. The lowest BCUT2D eigenvalue weighted by atomic mass is 10.1. The molecule has 0 saturated carbocycles. The van der Waals surface area contributed by atoms with Crippen molar-refractivity contribution >= 4 is 17.5 Å². The van der Waals surface area contributed by atoms with Crippen molar-refractivity contribution in [1.29, 1.82) is 0 Å². The van der Waals surface area contributed by atoms with E-state index in [2.05, 4.69) is 20.6 Å². The van der Waals surface area contributed by atoms with E-state index in [1.165, 1.54) is 12.1 Å². The molecule has 1 heterocycles. The molecule has 0 aliphatic rings. The molecule has 2 N–H and O–H groups in total. The summed E-state index contributed by atoms with van der Waals surface area (Å²) in [6.45, 7) is 0.622. The van der Waals surface area contributed by atoms with Gasteiger partial charge in [-0.3, -0.25) is 0 Å². The highest BCUT2D eigenvalue weighted by atomic mass is 19.4. The molecule has 1 aromatic heterocycles. The molecule has 3 aromatic rings. The average molecular weight is 388 g/mol. The zero-order valence-electron chi connectivity index (χ0n) is 15.1. The summed E-state index contributed by atoms with van der Waals surface area (Å²) in [6.07, 6.45) is -2.02. The van der Waals surface area contributed by atoms with Crippen LogP contribution in [-0.2, 0) is 12.6 Å². The molecule has 5 nitrogen and oxygen atoms in total. The molecule has 0 amide bonds. The van der Waals surface area contributed by atoms with Gasteiger partial charge in [-0.2, -0.15) is 18.2 Å². The average Bonchev–Trinajstić information content (AvgIpc) is 2.68. The van der Waals surface area contributed by atoms with Crippen molar-refractivity contribution in [3.05, 3.63) is 71.9 Å². The predicted molar refractivity (Wildman–Crippen MR) is 102 cm³/mol. The topological polar surface area (TPSA) is 59.1 Å². The van der Waals surface area contributed by atoms with E-state index in [9.17, 15) is 13.2 Å². The van der Waals surface area contributed by atoms with Gasteiger partial charge in [0.2, 0.25) is 5.95 Å². The Morgan fingerprint density at radius 1 is 1.04 bits per heavy atom. The van der Waals surface area contributed by atoms with Crippen LogP contribution in [0.5, 0.6) is 5.75 Å². The normalized spacial score (nSPS) is 11.1. The van der Waals surface area contributed by atoms with E-state index >= 15 is 0 Å². The molecule has 0 saturated heterocycles. The maximum Gasteiger partial charge on any atom is 0.416 e. The monoisotopic (exact) mass is 388 g/mol. The number of nitrogens with zero attached hydrogens (tertiary/aromatic N) is 2. The summed E-state index contributed by atoms with van der Waals surface area (Å²) in [7, 11) is 1.63. The van der Waals surface area contributed by atoms with Gasteiger partial charge in [0.05, 0.1) is 12.7 Å². The highest BCUT2D eigenvalue weighted by molar-refractivity contribution is 5.57. The number of anilines is 3. The van der Waals surface area contributed by atoms with E-state index in [0.717, 1.165) is 29.9 Å². The van der Waals surface area contributed by atoms with Crippen LogP contribution in [0.3, 0.4) is 0 Å². The van der Waals surface area contributed by atoms with Crippen LogP contribution in [0.25, 0.3) is 0 Å². The number of hydrogen-bond acceptors (Lipinski definition) is 5. The first kappa shape index (κ1) is 19.5. The summed E-state index contributed by atoms with van der Waals surface area (Å²) < 4.78 is 43.1. The number of rotatable bonds is 7. The molecule has 28 heavy (non-hydrogen) atoms. The Morgan fingerprint density at radius 2 is 1.82 bits per heavy atom. The first-order valence-electron chi connectivity index (χ1n) is 8.58. The summed E-state index contributed by atoms with van der Waals surface area (Å²) in [5.74, 6) is 1.72. The van der Waals surface area contributed by atoms with Crippen LogP contribution in [0.1, 0.15) is 11.1 Å². The summed E-state index contributed by atoms with van der Waals surface area (Å²) in [4.78, 5) is 8.48. The van der Waals surface area contributed by atoms with Gasteiger partial charge in [0, 0.05) is 18.4 Å². The third-order valence-electron chi connectivity index (χ3n) is 3.97. The molecular formula is C20H19F3N4O. The number of alkyl halides is 3. The van der Waals surface area contributed by atoms with Crippen LogP contribution in [0.15, 0.2) is 60.8 Å². The number of ether oxygens (including phenoxy) is 1. The number of hydrogen-bond donors (Lipinski definition) is 2. The number of nitrogens with one attached hydrogen (secondary N) is 2. The Bertz CT molecular complexity index is 914. The van der Waals surface area contributed by atoms with E-state index in [0.29, 0.717) is 24.0 Å². The van der Waals surface area contributed by atoms with Crippen molar-refractivity contribution in [3.63, 3.8) is 0 Å². The van der Waals surface area contributed by atoms with E-state index in [1.807, 2.05) is 24.3 Å². The van der Waals surface area contributed by atoms with Crippen LogP contribution in [-0.4, -0.2) is 23.6 Å². The lowest BCUT2D eigenvalue weighted by molar-refractivity contribution is -0.137. The largest absolute Gasteiger partial charge is 0.497 e. The fraction of sp³-hybridized carbons (Fsp3) is 0.200. The Balaban J connectivity index is 1.57. The van der Waals surface area contributed by atoms with E-state index in [4.69, 9.17) is 4.74 Å². The second kappa shape index (κ2) is 8.60. The molecule has 3 rings (SSSR count). The summed E-state index contributed by atoms with van der Waals surface area (Å²) in [5.41, 5.74) is 0.931. The summed E-state index contributed by atoms with van der Waals surface area (Å²) in [5, 5.41) is 6.11.